The van der Waals surface area contributed by atoms with E-state index in [1.807, 2.05) is 6.92 Å². The van der Waals surface area contributed by atoms with E-state index in [1.165, 1.54) is 0 Å². The van der Waals surface area contributed by atoms with Crippen LogP contribution in [-0.4, -0.2) is 41.1 Å². The summed E-state index contributed by atoms with van der Waals surface area (Å²) < 4.78 is 0. The molecule has 1 fully saturated rings. The smallest absolute Gasteiger partial charge is 0.315 e. The molecule has 0 bridgehead atoms. The fourth-order valence-corrected chi connectivity index (χ4v) is 1.83. The summed E-state index contributed by atoms with van der Waals surface area (Å²) in [6, 6.07) is -1.32. The van der Waals surface area contributed by atoms with Crippen LogP contribution in [0.5, 0.6) is 0 Å². The van der Waals surface area contributed by atoms with Crippen LogP contribution < -0.4 is 16.0 Å². The Morgan fingerprint density at radius 2 is 1.90 bits per heavy atom. The molecule has 4 N–H and O–H groups in total. The first kappa shape index (κ1) is 16.3. The minimum absolute atomic E-state index is 0.121. The second-order valence-corrected chi connectivity index (χ2v) is 5.21. The molecule has 0 aliphatic heterocycles. The first-order valence-electron chi connectivity index (χ1n) is 7.01. The normalized spacial score (nSPS) is 16.9. The molecule has 0 aromatic heterocycles. The molecule has 1 aliphatic carbocycles. The maximum absolute atomic E-state index is 11.7. The molecule has 3 amide bonds. The largest absolute Gasteiger partial charge is 0.481 e. The minimum atomic E-state index is -0.955. The molecule has 114 valence electrons. The summed E-state index contributed by atoms with van der Waals surface area (Å²) in [5.41, 5.74) is 0. The highest BCUT2D eigenvalue weighted by atomic mass is 16.4. The van der Waals surface area contributed by atoms with Crippen LogP contribution >= 0.6 is 0 Å². The summed E-state index contributed by atoms with van der Waals surface area (Å²) in [6.07, 6.45) is 3.21. The van der Waals surface area contributed by atoms with Crippen molar-refractivity contribution in [3.63, 3.8) is 0 Å². The quantitative estimate of drug-likeness (QED) is 0.523. The first-order chi connectivity index (χ1) is 9.42. The maximum Gasteiger partial charge on any atom is 0.315 e. The van der Waals surface area contributed by atoms with Crippen molar-refractivity contribution in [2.75, 3.05) is 0 Å². The van der Waals surface area contributed by atoms with Gasteiger partial charge in [-0.2, -0.15) is 0 Å². The van der Waals surface area contributed by atoms with Crippen molar-refractivity contribution in [1.82, 2.24) is 16.0 Å². The van der Waals surface area contributed by atoms with Gasteiger partial charge in [0.05, 0.1) is 6.42 Å². The Hall–Kier alpha value is -1.79. The highest BCUT2D eigenvalue weighted by Crippen LogP contribution is 2.18. The number of hydrogen-bond donors (Lipinski definition) is 4. The van der Waals surface area contributed by atoms with E-state index in [-0.39, 0.29) is 18.4 Å². The fraction of sp³-hybridized carbons (Fsp3) is 0.769. The lowest BCUT2D eigenvalue weighted by Crippen LogP contribution is -2.51. The molecular formula is C13H23N3O4. The van der Waals surface area contributed by atoms with Crippen molar-refractivity contribution in [2.45, 2.75) is 64.1 Å². The number of carbonyl (C=O) groups is 3. The van der Waals surface area contributed by atoms with E-state index in [0.29, 0.717) is 6.42 Å². The van der Waals surface area contributed by atoms with Crippen LogP contribution in [0.15, 0.2) is 0 Å². The zero-order chi connectivity index (χ0) is 15.1. The zero-order valence-corrected chi connectivity index (χ0v) is 11.9. The Kier molecular flexibility index (Phi) is 6.27. The average Bonchev–Trinajstić information content (AvgIpc) is 3.11. The van der Waals surface area contributed by atoms with Gasteiger partial charge in [-0.25, -0.2) is 4.79 Å². The van der Waals surface area contributed by atoms with Crippen molar-refractivity contribution in [1.29, 1.82) is 0 Å². The van der Waals surface area contributed by atoms with Crippen LogP contribution in [0, 0.1) is 0 Å². The number of urea groups is 1. The molecular weight excluding hydrogens is 262 g/mol. The Morgan fingerprint density at radius 1 is 1.25 bits per heavy atom. The van der Waals surface area contributed by atoms with Gasteiger partial charge >= 0.3 is 12.0 Å². The van der Waals surface area contributed by atoms with Gasteiger partial charge in [-0.3, -0.25) is 9.59 Å². The molecule has 0 aromatic carbocycles. The third-order valence-electron chi connectivity index (χ3n) is 3.06. The SMILES string of the molecule is CCCC(CC(=O)O)NC(=O)NC(C)C(=O)NC1CC1. The van der Waals surface area contributed by atoms with Crippen molar-refractivity contribution in [3.8, 4) is 0 Å². The Labute approximate surface area is 118 Å². The molecule has 1 rings (SSSR count). The van der Waals surface area contributed by atoms with Crippen LogP contribution in [0.4, 0.5) is 4.79 Å². The van der Waals surface area contributed by atoms with E-state index in [2.05, 4.69) is 16.0 Å². The van der Waals surface area contributed by atoms with E-state index in [0.717, 1.165) is 19.3 Å². The van der Waals surface area contributed by atoms with Crippen LogP contribution in [0.25, 0.3) is 0 Å². The predicted octanol–water partition coefficient (Wildman–Crippen LogP) is 0.596. The molecule has 7 heteroatoms. The highest BCUT2D eigenvalue weighted by Gasteiger charge is 2.26. The van der Waals surface area contributed by atoms with Crippen molar-refractivity contribution >= 4 is 17.9 Å². The molecule has 20 heavy (non-hydrogen) atoms. The number of nitrogens with one attached hydrogen (secondary N) is 3. The second-order valence-electron chi connectivity index (χ2n) is 5.21. The number of rotatable bonds is 8. The third-order valence-corrected chi connectivity index (χ3v) is 3.06. The standard InChI is InChI=1S/C13H23N3O4/c1-3-4-10(7-11(17)18)16-13(20)14-8(2)12(19)15-9-5-6-9/h8-10H,3-7H2,1-2H3,(H,15,19)(H,17,18)(H2,14,16,20). The molecule has 0 aromatic rings. The van der Waals surface area contributed by atoms with E-state index in [1.54, 1.807) is 6.92 Å². The van der Waals surface area contributed by atoms with Crippen LogP contribution in [-0.2, 0) is 9.59 Å². The Morgan fingerprint density at radius 3 is 2.40 bits per heavy atom. The van der Waals surface area contributed by atoms with Gasteiger partial charge in [-0.1, -0.05) is 13.3 Å². The van der Waals surface area contributed by atoms with E-state index < -0.39 is 24.1 Å². The Bertz CT molecular complexity index is 369. The van der Waals surface area contributed by atoms with Gasteiger partial charge in [0, 0.05) is 12.1 Å². The van der Waals surface area contributed by atoms with Gasteiger partial charge in [0.15, 0.2) is 0 Å². The number of amides is 3. The summed E-state index contributed by atoms with van der Waals surface area (Å²) >= 11 is 0. The lowest BCUT2D eigenvalue weighted by atomic mass is 10.1. The molecule has 2 atom stereocenters. The summed E-state index contributed by atoms with van der Waals surface area (Å²) in [7, 11) is 0. The minimum Gasteiger partial charge on any atom is -0.481 e. The van der Waals surface area contributed by atoms with E-state index in [4.69, 9.17) is 5.11 Å². The lowest BCUT2D eigenvalue weighted by molar-refractivity contribution is -0.137. The maximum atomic E-state index is 11.7. The van der Waals surface area contributed by atoms with Crippen LogP contribution in [0.1, 0.15) is 46.0 Å². The van der Waals surface area contributed by atoms with E-state index >= 15 is 0 Å². The summed E-state index contributed by atoms with van der Waals surface area (Å²) in [5.74, 6) is -1.17. The summed E-state index contributed by atoms with van der Waals surface area (Å²) in [4.78, 5) is 34.1. The number of hydrogen-bond acceptors (Lipinski definition) is 3. The number of aliphatic carboxylic acids is 1. The molecule has 0 saturated heterocycles. The van der Waals surface area contributed by atoms with E-state index in [9.17, 15) is 14.4 Å². The van der Waals surface area contributed by atoms with Gasteiger partial charge in [-0.05, 0) is 26.2 Å². The van der Waals surface area contributed by atoms with Crippen molar-refractivity contribution in [2.24, 2.45) is 0 Å². The molecule has 1 saturated carbocycles. The van der Waals surface area contributed by atoms with Gasteiger partial charge in [0.1, 0.15) is 6.04 Å². The molecule has 0 spiro atoms. The number of carboxylic acid groups (broad SMARTS) is 1. The molecule has 0 heterocycles. The third kappa shape index (κ3) is 6.40. The predicted molar refractivity (Wildman–Crippen MR) is 73.2 cm³/mol. The highest BCUT2D eigenvalue weighted by molar-refractivity contribution is 5.87. The summed E-state index contributed by atoms with van der Waals surface area (Å²) in [5, 5.41) is 16.7. The average molecular weight is 285 g/mol. The van der Waals surface area contributed by atoms with Crippen LogP contribution in [0.2, 0.25) is 0 Å². The number of carboxylic acids is 1. The summed E-state index contributed by atoms with van der Waals surface area (Å²) in [6.45, 7) is 3.52. The van der Waals surface area contributed by atoms with Gasteiger partial charge in [-0.15, -0.1) is 0 Å². The topological polar surface area (TPSA) is 108 Å². The molecule has 2 unspecified atom stereocenters. The van der Waals surface area contributed by atoms with Gasteiger partial charge in [0.25, 0.3) is 0 Å². The number of carbonyl (C=O) groups excluding carboxylic acids is 2. The molecule has 0 radical (unpaired) electrons. The monoisotopic (exact) mass is 285 g/mol. The van der Waals surface area contributed by atoms with Gasteiger partial charge in [0.2, 0.25) is 5.91 Å². The first-order valence-corrected chi connectivity index (χ1v) is 7.01. The second kappa shape index (κ2) is 7.72. The van der Waals surface area contributed by atoms with Gasteiger partial charge < -0.3 is 21.1 Å². The van der Waals surface area contributed by atoms with Crippen LogP contribution in [0.3, 0.4) is 0 Å². The lowest BCUT2D eigenvalue weighted by Gasteiger charge is -2.19. The fourth-order valence-electron chi connectivity index (χ4n) is 1.83. The molecule has 7 nitrogen and oxygen atoms in total. The van der Waals surface area contributed by atoms with Crippen molar-refractivity contribution in [3.05, 3.63) is 0 Å². The Balaban J connectivity index is 2.34. The molecule has 1 aliphatic rings. The van der Waals surface area contributed by atoms with Crippen molar-refractivity contribution < 1.29 is 19.5 Å². The zero-order valence-electron chi connectivity index (χ0n) is 11.9.